The second-order valence-corrected chi connectivity index (χ2v) is 9.81. The lowest BCUT2D eigenvalue weighted by molar-refractivity contribution is -0.118. The minimum absolute atomic E-state index is 0.120. The van der Waals surface area contributed by atoms with Gasteiger partial charge < -0.3 is 20.0 Å². The smallest absolute Gasteiger partial charge is 0.226 e. The third-order valence-electron chi connectivity index (χ3n) is 6.16. The maximum absolute atomic E-state index is 13.4. The number of carbonyl (C=O) groups is 1. The SMILES string of the molecule is CC(C)C(=O)Nc1ccc(N2C(=S)N[C@H](c3ccccn3)[C@@H]2c2ccc(-c3ccc(F)cc3)o2)cc1Cl. The summed E-state index contributed by atoms with van der Waals surface area (Å²) in [6.07, 6.45) is 1.73. The number of hydrogen-bond donors (Lipinski definition) is 2. The van der Waals surface area contributed by atoms with E-state index in [0.29, 0.717) is 27.3 Å². The summed E-state index contributed by atoms with van der Waals surface area (Å²) in [6, 6.07) is 20.3. The Morgan fingerprint density at radius 1 is 1.14 bits per heavy atom. The zero-order valence-corrected chi connectivity index (χ0v) is 21.7. The van der Waals surface area contributed by atoms with Crippen LogP contribution in [0.5, 0.6) is 0 Å². The molecule has 1 fully saturated rings. The van der Waals surface area contributed by atoms with E-state index in [0.717, 1.165) is 16.9 Å². The molecule has 0 unspecified atom stereocenters. The number of pyridine rings is 1. The normalized spacial score (nSPS) is 17.2. The molecule has 1 aliphatic rings. The number of nitrogens with zero attached hydrogens (tertiary/aromatic N) is 2. The van der Waals surface area contributed by atoms with Crippen LogP contribution in [0.2, 0.25) is 5.02 Å². The number of furan rings is 1. The first-order valence-corrected chi connectivity index (χ1v) is 12.6. The zero-order chi connectivity index (χ0) is 26.1. The van der Waals surface area contributed by atoms with Gasteiger partial charge in [-0.2, -0.15) is 0 Å². The van der Waals surface area contributed by atoms with E-state index in [1.165, 1.54) is 12.1 Å². The average molecular weight is 535 g/mol. The Labute approximate surface area is 224 Å². The van der Waals surface area contributed by atoms with E-state index in [1.54, 1.807) is 30.5 Å². The van der Waals surface area contributed by atoms with Gasteiger partial charge in [-0.3, -0.25) is 9.78 Å². The quantitative estimate of drug-likeness (QED) is 0.262. The van der Waals surface area contributed by atoms with E-state index in [4.69, 9.17) is 28.2 Å². The van der Waals surface area contributed by atoms with Crippen molar-refractivity contribution < 1.29 is 13.6 Å². The number of anilines is 2. The maximum Gasteiger partial charge on any atom is 0.226 e. The molecule has 2 aromatic heterocycles. The van der Waals surface area contributed by atoms with Crippen molar-refractivity contribution in [3.63, 3.8) is 0 Å². The molecule has 6 nitrogen and oxygen atoms in total. The standard InChI is InChI=1S/C28H24ClFN4O2S/c1-16(2)27(35)32-21-11-10-19(15-20(21)29)34-26(25(33-28(34)37)22-5-3-4-14-31-22)24-13-12-23(36-24)17-6-8-18(30)9-7-17/h3-16,25-26H,1-2H3,(H,32,35)(H,33,37)/t25-,26+/m1/s1. The molecule has 0 radical (unpaired) electrons. The van der Waals surface area contributed by atoms with E-state index < -0.39 is 0 Å². The first-order valence-electron chi connectivity index (χ1n) is 11.8. The van der Waals surface area contributed by atoms with Crippen molar-refractivity contribution in [3.8, 4) is 11.3 Å². The van der Waals surface area contributed by atoms with E-state index >= 15 is 0 Å². The summed E-state index contributed by atoms with van der Waals surface area (Å²) in [5, 5.41) is 7.10. The van der Waals surface area contributed by atoms with E-state index in [1.807, 2.05) is 55.1 Å². The Balaban J connectivity index is 1.54. The van der Waals surface area contributed by atoms with Gasteiger partial charge >= 0.3 is 0 Å². The molecule has 37 heavy (non-hydrogen) atoms. The Bertz CT molecular complexity index is 1440. The highest BCUT2D eigenvalue weighted by Crippen LogP contribution is 2.44. The minimum Gasteiger partial charge on any atom is -0.459 e. The Morgan fingerprint density at radius 2 is 1.92 bits per heavy atom. The van der Waals surface area contributed by atoms with Gasteiger partial charge in [-0.1, -0.05) is 31.5 Å². The van der Waals surface area contributed by atoms with Gasteiger partial charge in [0.1, 0.15) is 23.4 Å². The summed E-state index contributed by atoms with van der Waals surface area (Å²) in [5.41, 5.74) is 2.81. The van der Waals surface area contributed by atoms with Gasteiger partial charge in [-0.25, -0.2) is 4.39 Å². The fourth-order valence-corrected chi connectivity index (χ4v) is 4.80. The van der Waals surface area contributed by atoms with Gasteiger partial charge in [-0.05, 0) is 78.9 Å². The minimum atomic E-state index is -0.385. The Kier molecular flexibility index (Phi) is 6.95. The molecule has 188 valence electrons. The van der Waals surface area contributed by atoms with Crippen LogP contribution < -0.4 is 15.5 Å². The van der Waals surface area contributed by atoms with Crippen molar-refractivity contribution in [1.29, 1.82) is 0 Å². The number of hydrogen-bond acceptors (Lipinski definition) is 4. The van der Waals surface area contributed by atoms with Crippen LogP contribution in [0, 0.1) is 11.7 Å². The molecular weight excluding hydrogens is 511 g/mol. The fraction of sp³-hybridized carbons (Fsp3) is 0.179. The highest BCUT2D eigenvalue weighted by molar-refractivity contribution is 7.80. The highest BCUT2D eigenvalue weighted by atomic mass is 35.5. The zero-order valence-electron chi connectivity index (χ0n) is 20.1. The van der Waals surface area contributed by atoms with Crippen LogP contribution in [0.3, 0.4) is 0 Å². The lowest BCUT2D eigenvalue weighted by Gasteiger charge is -2.26. The van der Waals surface area contributed by atoms with Gasteiger partial charge in [0.25, 0.3) is 0 Å². The first kappa shape index (κ1) is 24.9. The number of thiocarbonyl (C=S) groups is 1. The average Bonchev–Trinajstić information content (AvgIpc) is 3.51. The second-order valence-electron chi connectivity index (χ2n) is 9.01. The topological polar surface area (TPSA) is 70.4 Å². The van der Waals surface area contributed by atoms with Gasteiger partial charge in [-0.15, -0.1) is 0 Å². The monoisotopic (exact) mass is 534 g/mol. The van der Waals surface area contributed by atoms with Gasteiger partial charge in [0.15, 0.2) is 5.11 Å². The summed E-state index contributed by atoms with van der Waals surface area (Å²) < 4.78 is 19.7. The Hall–Kier alpha value is -3.75. The molecule has 1 amide bonds. The van der Waals surface area contributed by atoms with Crippen LogP contribution in [0.15, 0.2) is 83.4 Å². The third kappa shape index (κ3) is 5.08. The summed E-state index contributed by atoms with van der Waals surface area (Å²) in [6.45, 7) is 3.63. The number of nitrogens with one attached hydrogen (secondary N) is 2. The summed E-state index contributed by atoms with van der Waals surface area (Å²) in [5.74, 6) is 0.647. The Morgan fingerprint density at radius 3 is 2.59 bits per heavy atom. The van der Waals surface area contributed by atoms with Crippen LogP contribution >= 0.6 is 23.8 Å². The second kappa shape index (κ2) is 10.3. The lowest BCUT2D eigenvalue weighted by atomic mass is 10.0. The molecule has 2 aromatic carbocycles. The number of halogens is 2. The molecule has 2 N–H and O–H groups in total. The third-order valence-corrected chi connectivity index (χ3v) is 6.79. The molecule has 9 heteroatoms. The van der Waals surface area contributed by atoms with Crippen LogP contribution in [0.4, 0.5) is 15.8 Å². The van der Waals surface area contributed by atoms with Crippen LogP contribution in [-0.2, 0) is 4.79 Å². The molecule has 2 atom stereocenters. The van der Waals surface area contributed by atoms with Gasteiger partial charge in [0, 0.05) is 23.4 Å². The summed E-state index contributed by atoms with van der Waals surface area (Å²) in [7, 11) is 0. The summed E-state index contributed by atoms with van der Waals surface area (Å²) >= 11 is 12.3. The van der Waals surface area contributed by atoms with E-state index in [-0.39, 0.29) is 29.7 Å². The molecule has 0 saturated carbocycles. The van der Waals surface area contributed by atoms with Crippen molar-refractivity contribution in [1.82, 2.24) is 10.3 Å². The van der Waals surface area contributed by atoms with Crippen LogP contribution in [0.1, 0.15) is 37.4 Å². The maximum atomic E-state index is 13.4. The largest absolute Gasteiger partial charge is 0.459 e. The van der Waals surface area contributed by atoms with Crippen LogP contribution in [0.25, 0.3) is 11.3 Å². The van der Waals surface area contributed by atoms with Crippen molar-refractivity contribution in [3.05, 3.63) is 101 Å². The van der Waals surface area contributed by atoms with Crippen molar-refractivity contribution >= 4 is 46.2 Å². The van der Waals surface area contributed by atoms with Crippen LogP contribution in [-0.4, -0.2) is 16.0 Å². The predicted molar refractivity (Wildman–Crippen MR) is 147 cm³/mol. The van der Waals surface area contributed by atoms with Crippen molar-refractivity contribution in [2.45, 2.75) is 25.9 Å². The highest BCUT2D eigenvalue weighted by Gasteiger charge is 2.42. The molecule has 5 rings (SSSR count). The molecular formula is C28H24ClFN4O2S. The summed E-state index contributed by atoms with van der Waals surface area (Å²) in [4.78, 5) is 18.7. The molecule has 1 saturated heterocycles. The molecule has 1 aliphatic heterocycles. The molecule has 0 bridgehead atoms. The number of amides is 1. The fourth-order valence-electron chi connectivity index (χ4n) is 4.24. The predicted octanol–water partition coefficient (Wildman–Crippen LogP) is 6.91. The lowest BCUT2D eigenvalue weighted by Crippen LogP contribution is -2.29. The van der Waals surface area contributed by atoms with Crippen molar-refractivity contribution in [2.75, 3.05) is 10.2 Å². The van der Waals surface area contributed by atoms with Gasteiger partial charge in [0.2, 0.25) is 5.91 Å². The number of benzene rings is 2. The van der Waals surface area contributed by atoms with E-state index in [2.05, 4.69) is 15.6 Å². The first-order chi connectivity index (χ1) is 17.8. The van der Waals surface area contributed by atoms with Gasteiger partial charge in [0.05, 0.1) is 22.4 Å². The molecule has 0 aliphatic carbocycles. The molecule has 4 aromatic rings. The number of aromatic nitrogens is 1. The van der Waals surface area contributed by atoms with Crippen molar-refractivity contribution in [2.24, 2.45) is 5.92 Å². The van der Waals surface area contributed by atoms with E-state index in [9.17, 15) is 9.18 Å². The number of rotatable bonds is 6. The number of carbonyl (C=O) groups excluding carboxylic acids is 1. The molecule has 3 heterocycles. The molecule has 0 spiro atoms.